The molecule has 1 aromatic carbocycles. The van der Waals surface area contributed by atoms with Crippen molar-refractivity contribution in [3.05, 3.63) is 35.4 Å². The van der Waals surface area contributed by atoms with Crippen LogP contribution in [-0.4, -0.2) is 60.3 Å². The highest BCUT2D eigenvalue weighted by Gasteiger charge is 2.44. The van der Waals surface area contributed by atoms with Gasteiger partial charge in [0, 0.05) is 26.1 Å². The topological polar surface area (TPSA) is 78.9 Å². The second-order valence-corrected chi connectivity index (χ2v) is 9.42. The maximum absolute atomic E-state index is 12.7. The zero-order valence-electron chi connectivity index (χ0n) is 17.9. The molecule has 2 aliphatic carbocycles. The first-order valence-corrected chi connectivity index (χ1v) is 11.4. The number of hydrogen-bond donors (Lipinski definition) is 2. The van der Waals surface area contributed by atoms with Crippen LogP contribution in [0.4, 0.5) is 0 Å². The van der Waals surface area contributed by atoms with Crippen molar-refractivity contribution in [1.29, 1.82) is 0 Å². The molecule has 0 unspecified atom stereocenters. The summed E-state index contributed by atoms with van der Waals surface area (Å²) in [6, 6.07) is 8.33. The van der Waals surface area contributed by atoms with Gasteiger partial charge in [-0.05, 0) is 62.3 Å². The highest BCUT2D eigenvalue weighted by atomic mass is 16.5. The SMILES string of the molecule is Cc1ccc(CCC(=O)N[C@H]2C[C@H]3CN(C(=O)CO)C[C@H]3C[C@@H]2OCC2CC2)cc1. The number of fused-ring (bicyclic) bond motifs is 1. The molecule has 0 aromatic heterocycles. The average molecular weight is 415 g/mol. The Balaban J connectivity index is 1.34. The van der Waals surface area contributed by atoms with Gasteiger partial charge in [0.05, 0.1) is 12.1 Å². The Morgan fingerprint density at radius 1 is 1.13 bits per heavy atom. The predicted octanol–water partition coefficient (Wildman–Crippen LogP) is 2.07. The number of benzene rings is 1. The maximum atomic E-state index is 12.7. The van der Waals surface area contributed by atoms with Crippen LogP contribution in [0.25, 0.3) is 0 Å². The first-order chi connectivity index (χ1) is 14.5. The first kappa shape index (κ1) is 21.3. The van der Waals surface area contributed by atoms with Crippen molar-refractivity contribution in [2.75, 3.05) is 26.3 Å². The molecular weight excluding hydrogens is 380 g/mol. The molecule has 4 atom stereocenters. The Kier molecular flexibility index (Phi) is 6.74. The number of nitrogens with one attached hydrogen (secondary N) is 1. The van der Waals surface area contributed by atoms with Gasteiger partial charge >= 0.3 is 0 Å². The molecule has 6 heteroatoms. The number of rotatable bonds is 8. The van der Waals surface area contributed by atoms with E-state index in [1.165, 1.54) is 24.0 Å². The lowest BCUT2D eigenvalue weighted by Gasteiger charge is -2.38. The molecule has 0 radical (unpaired) electrons. The van der Waals surface area contributed by atoms with Crippen LogP contribution in [0.2, 0.25) is 0 Å². The highest BCUT2D eigenvalue weighted by Crippen LogP contribution is 2.39. The summed E-state index contributed by atoms with van der Waals surface area (Å²) in [5, 5.41) is 12.4. The molecule has 1 saturated heterocycles. The number of hydrogen-bond acceptors (Lipinski definition) is 4. The van der Waals surface area contributed by atoms with E-state index in [2.05, 4.69) is 36.5 Å². The minimum atomic E-state index is -0.430. The number of likely N-dealkylation sites (tertiary alicyclic amines) is 1. The van der Waals surface area contributed by atoms with Crippen LogP contribution in [0.15, 0.2) is 24.3 Å². The third kappa shape index (κ3) is 5.41. The third-order valence-electron chi connectivity index (χ3n) is 6.96. The van der Waals surface area contributed by atoms with Crippen molar-refractivity contribution in [2.45, 2.75) is 57.6 Å². The molecule has 4 rings (SSSR count). The lowest BCUT2D eigenvalue weighted by molar-refractivity contribution is -0.133. The number of ether oxygens (including phenoxy) is 1. The molecule has 3 aliphatic rings. The van der Waals surface area contributed by atoms with E-state index in [-0.39, 0.29) is 24.0 Å². The monoisotopic (exact) mass is 414 g/mol. The molecule has 3 fully saturated rings. The fourth-order valence-electron chi connectivity index (χ4n) is 4.89. The van der Waals surface area contributed by atoms with E-state index < -0.39 is 6.61 Å². The summed E-state index contributed by atoms with van der Waals surface area (Å²) in [7, 11) is 0. The maximum Gasteiger partial charge on any atom is 0.248 e. The largest absolute Gasteiger partial charge is 0.387 e. The van der Waals surface area contributed by atoms with E-state index in [0.29, 0.717) is 37.3 Å². The molecule has 0 spiro atoms. The highest BCUT2D eigenvalue weighted by molar-refractivity contribution is 5.77. The molecule has 6 nitrogen and oxygen atoms in total. The van der Waals surface area contributed by atoms with Gasteiger partial charge in [-0.3, -0.25) is 9.59 Å². The molecule has 2 amide bonds. The molecule has 1 heterocycles. The van der Waals surface area contributed by atoms with Crippen LogP contribution < -0.4 is 5.32 Å². The Morgan fingerprint density at radius 3 is 2.50 bits per heavy atom. The third-order valence-corrected chi connectivity index (χ3v) is 6.96. The van der Waals surface area contributed by atoms with Gasteiger partial charge in [-0.15, -0.1) is 0 Å². The summed E-state index contributed by atoms with van der Waals surface area (Å²) in [5.41, 5.74) is 2.40. The molecule has 2 N–H and O–H groups in total. The van der Waals surface area contributed by atoms with Crippen LogP contribution in [0.5, 0.6) is 0 Å². The van der Waals surface area contributed by atoms with Crippen LogP contribution in [0.1, 0.15) is 43.2 Å². The Hall–Kier alpha value is -1.92. The fourth-order valence-corrected chi connectivity index (χ4v) is 4.89. The Morgan fingerprint density at radius 2 is 1.83 bits per heavy atom. The molecule has 30 heavy (non-hydrogen) atoms. The van der Waals surface area contributed by atoms with Crippen molar-refractivity contribution in [3.8, 4) is 0 Å². The zero-order chi connectivity index (χ0) is 21.1. The van der Waals surface area contributed by atoms with E-state index in [0.717, 1.165) is 25.9 Å². The summed E-state index contributed by atoms with van der Waals surface area (Å²) in [6.45, 7) is 3.78. The van der Waals surface area contributed by atoms with Crippen LogP contribution >= 0.6 is 0 Å². The zero-order valence-corrected chi connectivity index (χ0v) is 17.9. The molecule has 1 aliphatic heterocycles. The van der Waals surface area contributed by atoms with Crippen LogP contribution in [0, 0.1) is 24.7 Å². The second-order valence-electron chi connectivity index (χ2n) is 9.42. The van der Waals surface area contributed by atoms with E-state index in [1.807, 2.05) is 0 Å². The number of carbonyl (C=O) groups is 2. The number of carbonyl (C=O) groups excluding carboxylic acids is 2. The van der Waals surface area contributed by atoms with Crippen LogP contribution in [0.3, 0.4) is 0 Å². The summed E-state index contributed by atoms with van der Waals surface area (Å²) >= 11 is 0. The summed E-state index contributed by atoms with van der Waals surface area (Å²) in [6.07, 6.45) is 5.41. The molecular formula is C24H34N2O4. The van der Waals surface area contributed by atoms with Crippen molar-refractivity contribution >= 4 is 11.8 Å². The van der Waals surface area contributed by atoms with Crippen molar-refractivity contribution in [1.82, 2.24) is 10.2 Å². The number of aryl methyl sites for hydroxylation is 2. The second kappa shape index (κ2) is 9.48. The van der Waals surface area contributed by atoms with Gasteiger partial charge in [0.1, 0.15) is 6.61 Å². The summed E-state index contributed by atoms with van der Waals surface area (Å²) < 4.78 is 6.26. The standard InChI is InChI=1S/C24H34N2O4/c1-16-2-4-17(5-3-16)8-9-23(28)25-21-10-19-12-26(24(29)14-27)13-20(19)11-22(21)30-15-18-6-7-18/h2-5,18-22,27H,6-15H2,1H3,(H,25,28)/t19-,20+,21-,22-/m0/s1. The van der Waals surface area contributed by atoms with E-state index in [4.69, 9.17) is 4.74 Å². The van der Waals surface area contributed by atoms with Crippen molar-refractivity contribution in [3.63, 3.8) is 0 Å². The van der Waals surface area contributed by atoms with Crippen molar-refractivity contribution in [2.24, 2.45) is 17.8 Å². The smallest absolute Gasteiger partial charge is 0.248 e. The molecule has 1 aromatic rings. The van der Waals surface area contributed by atoms with E-state index in [1.54, 1.807) is 4.90 Å². The normalized spacial score (nSPS) is 28.3. The molecule has 164 valence electrons. The first-order valence-electron chi connectivity index (χ1n) is 11.4. The van der Waals surface area contributed by atoms with Gasteiger partial charge in [-0.2, -0.15) is 0 Å². The average Bonchev–Trinajstić information content (AvgIpc) is 3.48. The molecule has 0 bridgehead atoms. The lowest BCUT2D eigenvalue weighted by atomic mass is 9.77. The number of nitrogens with zero attached hydrogens (tertiary/aromatic N) is 1. The van der Waals surface area contributed by atoms with E-state index in [9.17, 15) is 14.7 Å². The van der Waals surface area contributed by atoms with Gasteiger partial charge in [0.25, 0.3) is 0 Å². The van der Waals surface area contributed by atoms with Gasteiger partial charge in [-0.25, -0.2) is 0 Å². The fraction of sp³-hybridized carbons (Fsp3) is 0.667. The Labute approximate surface area is 179 Å². The molecule has 2 saturated carbocycles. The minimum absolute atomic E-state index is 0.000281. The number of amides is 2. The van der Waals surface area contributed by atoms with E-state index >= 15 is 0 Å². The Bertz CT molecular complexity index is 746. The number of aliphatic hydroxyl groups is 1. The van der Waals surface area contributed by atoms with Gasteiger partial charge < -0.3 is 20.1 Å². The number of aliphatic hydroxyl groups excluding tert-OH is 1. The van der Waals surface area contributed by atoms with Crippen molar-refractivity contribution < 1.29 is 19.4 Å². The minimum Gasteiger partial charge on any atom is -0.387 e. The van der Waals surface area contributed by atoms with Gasteiger partial charge in [0.2, 0.25) is 11.8 Å². The van der Waals surface area contributed by atoms with Crippen LogP contribution in [-0.2, 0) is 20.7 Å². The predicted molar refractivity (Wildman–Crippen MR) is 114 cm³/mol. The quantitative estimate of drug-likeness (QED) is 0.683. The lowest BCUT2D eigenvalue weighted by Crippen LogP contribution is -2.50. The van der Waals surface area contributed by atoms with Gasteiger partial charge in [0.15, 0.2) is 0 Å². The summed E-state index contributed by atoms with van der Waals surface area (Å²) in [4.78, 5) is 26.4. The summed E-state index contributed by atoms with van der Waals surface area (Å²) in [5.74, 6) is 1.31. The van der Waals surface area contributed by atoms with Gasteiger partial charge in [-0.1, -0.05) is 29.8 Å².